The van der Waals surface area contributed by atoms with Crippen molar-refractivity contribution in [2.45, 2.75) is 64.3 Å². The predicted octanol–water partition coefficient (Wildman–Crippen LogP) is 2.61. The Morgan fingerprint density at radius 3 is 2.58 bits per heavy atom. The summed E-state index contributed by atoms with van der Waals surface area (Å²) in [6.45, 7) is 5.25. The number of rotatable bonds is 7. The molecule has 0 saturated carbocycles. The molecular weight excluding hydrogens is 244 g/mol. The summed E-state index contributed by atoms with van der Waals surface area (Å²) in [5.41, 5.74) is -0.983. The summed E-state index contributed by atoms with van der Waals surface area (Å²) in [4.78, 5) is 25.3. The zero-order valence-corrected chi connectivity index (χ0v) is 12.1. The highest BCUT2D eigenvalue weighted by Crippen LogP contribution is 2.33. The number of urea groups is 1. The molecule has 1 atom stereocenters. The molecule has 2 N–H and O–H groups in total. The molecule has 1 aliphatic rings. The number of carbonyl (C=O) groups excluding carboxylic acids is 1. The number of hydrogen-bond donors (Lipinski definition) is 2. The molecule has 0 aromatic rings. The number of hydrogen-bond acceptors (Lipinski definition) is 2. The van der Waals surface area contributed by atoms with Crippen LogP contribution < -0.4 is 5.32 Å². The van der Waals surface area contributed by atoms with Crippen molar-refractivity contribution in [1.29, 1.82) is 0 Å². The van der Waals surface area contributed by atoms with E-state index in [4.69, 9.17) is 0 Å². The van der Waals surface area contributed by atoms with Gasteiger partial charge in [-0.3, -0.25) is 0 Å². The van der Waals surface area contributed by atoms with Crippen molar-refractivity contribution < 1.29 is 14.7 Å². The van der Waals surface area contributed by atoms with Gasteiger partial charge in [0.25, 0.3) is 0 Å². The number of carbonyl (C=O) groups is 2. The Morgan fingerprint density at radius 2 is 2.00 bits per heavy atom. The molecule has 0 aromatic carbocycles. The van der Waals surface area contributed by atoms with E-state index >= 15 is 0 Å². The summed E-state index contributed by atoms with van der Waals surface area (Å²) in [6.07, 6.45) is 5.78. The van der Waals surface area contributed by atoms with Gasteiger partial charge in [0.2, 0.25) is 0 Å². The van der Waals surface area contributed by atoms with Crippen molar-refractivity contribution in [3.63, 3.8) is 0 Å². The molecule has 1 unspecified atom stereocenters. The van der Waals surface area contributed by atoms with Crippen molar-refractivity contribution in [1.82, 2.24) is 10.2 Å². The van der Waals surface area contributed by atoms with Gasteiger partial charge in [0.05, 0.1) is 0 Å². The van der Waals surface area contributed by atoms with Crippen LogP contribution in [0, 0.1) is 0 Å². The topological polar surface area (TPSA) is 69.6 Å². The molecule has 110 valence electrons. The Labute approximate surface area is 115 Å². The number of carboxylic acids is 1. The van der Waals surface area contributed by atoms with Crippen LogP contribution in [-0.2, 0) is 4.79 Å². The maximum Gasteiger partial charge on any atom is 0.329 e. The standard InChI is InChI=1S/C14H26N2O3/c1-3-5-6-10-15-13(19)16-11-7-9-14(16,8-4-2)12(17)18/h3-11H2,1-2H3,(H,15,19)(H,17,18). The Bertz CT molecular complexity index is 320. The van der Waals surface area contributed by atoms with E-state index in [0.29, 0.717) is 25.9 Å². The predicted molar refractivity (Wildman–Crippen MR) is 74.1 cm³/mol. The Hall–Kier alpha value is -1.26. The summed E-state index contributed by atoms with van der Waals surface area (Å²) in [7, 11) is 0. The third-order valence-corrected chi connectivity index (χ3v) is 3.85. The highest BCUT2D eigenvalue weighted by Gasteiger charge is 2.49. The van der Waals surface area contributed by atoms with Gasteiger partial charge in [-0.1, -0.05) is 33.1 Å². The molecular formula is C14H26N2O3. The van der Waals surface area contributed by atoms with E-state index in [2.05, 4.69) is 12.2 Å². The molecule has 0 aromatic heterocycles. The van der Waals surface area contributed by atoms with Crippen LogP contribution in [0.2, 0.25) is 0 Å². The van der Waals surface area contributed by atoms with Gasteiger partial charge in [-0.15, -0.1) is 0 Å². The van der Waals surface area contributed by atoms with Crippen LogP contribution in [0.3, 0.4) is 0 Å². The lowest BCUT2D eigenvalue weighted by molar-refractivity contribution is -0.148. The lowest BCUT2D eigenvalue weighted by Crippen LogP contribution is -2.56. The molecule has 0 spiro atoms. The highest BCUT2D eigenvalue weighted by atomic mass is 16.4. The van der Waals surface area contributed by atoms with E-state index in [0.717, 1.165) is 32.1 Å². The smallest absolute Gasteiger partial charge is 0.329 e. The lowest BCUT2D eigenvalue weighted by atomic mass is 9.91. The third-order valence-electron chi connectivity index (χ3n) is 3.85. The van der Waals surface area contributed by atoms with E-state index in [1.165, 1.54) is 4.90 Å². The zero-order valence-electron chi connectivity index (χ0n) is 12.1. The summed E-state index contributed by atoms with van der Waals surface area (Å²) >= 11 is 0. The monoisotopic (exact) mass is 270 g/mol. The molecule has 5 heteroatoms. The van der Waals surface area contributed by atoms with Crippen LogP contribution in [0.5, 0.6) is 0 Å². The fourth-order valence-corrected chi connectivity index (χ4v) is 2.84. The highest BCUT2D eigenvalue weighted by molar-refractivity contribution is 5.87. The SMILES string of the molecule is CCCCCNC(=O)N1CCCC1(CCC)C(=O)O. The number of nitrogens with one attached hydrogen (secondary N) is 1. The van der Waals surface area contributed by atoms with Gasteiger partial charge in [-0.2, -0.15) is 0 Å². The largest absolute Gasteiger partial charge is 0.479 e. The molecule has 1 rings (SSSR count). The first-order chi connectivity index (χ1) is 9.08. The van der Waals surface area contributed by atoms with E-state index in [1.807, 2.05) is 6.92 Å². The van der Waals surface area contributed by atoms with Crippen molar-refractivity contribution in [2.75, 3.05) is 13.1 Å². The maximum absolute atomic E-state index is 12.2. The maximum atomic E-state index is 12.2. The van der Waals surface area contributed by atoms with Crippen molar-refractivity contribution in [2.24, 2.45) is 0 Å². The minimum Gasteiger partial charge on any atom is -0.479 e. The first-order valence-electron chi connectivity index (χ1n) is 7.37. The summed E-state index contributed by atoms with van der Waals surface area (Å²) in [5, 5.41) is 12.4. The Morgan fingerprint density at radius 1 is 1.26 bits per heavy atom. The van der Waals surface area contributed by atoms with Crippen LogP contribution in [0.4, 0.5) is 4.79 Å². The van der Waals surface area contributed by atoms with Crippen molar-refractivity contribution in [3.05, 3.63) is 0 Å². The number of unbranched alkanes of at least 4 members (excludes halogenated alkanes) is 2. The molecule has 1 saturated heterocycles. The van der Waals surface area contributed by atoms with E-state index in [-0.39, 0.29) is 6.03 Å². The summed E-state index contributed by atoms with van der Waals surface area (Å²) < 4.78 is 0. The quantitative estimate of drug-likeness (QED) is 0.699. The van der Waals surface area contributed by atoms with E-state index in [1.54, 1.807) is 0 Å². The fraction of sp³-hybridized carbons (Fsp3) is 0.857. The van der Waals surface area contributed by atoms with E-state index in [9.17, 15) is 14.7 Å². The zero-order chi connectivity index (χ0) is 14.3. The van der Waals surface area contributed by atoms with Gasteiger partial charge in [-0.25, -0.2) is 9.59 Å². The average Bonchev–Trinajstić information content (AvgIpc) is 2.80. The van der Waals surface area contributed by atoms with Gasteiger partial charge in [0, 0.05) is 13.1 Å². The van der Waals surface area contributed by atoms with Crippen LogP contribution in [0.15, 0.2) is 0 Å². The second kappa shape index (κ2) is 7.36. The fourth-order valence-electron chi connectivity index (χ4n) is 2.84. The minimum atomic E-state index is -0.983. The van der Waals surface area contributed by atoms with Crippen molar-refractivity contribution >= 4 is 12.0 Å². The average molecular weight is 270 g/mol. The molecule has 1 fully saturated rings. The number of likely N-dealkylation sites (tertiary alicyclic amines) is 1. The van der Waals surface area contributed by atoms with Crippen LogP contribution >= 0.6 is 0 Å². The molecule has 1 aliphatic heterocycles. The lowest BCUT2D eigenvalue weighted by Gasteiger charge is -2.34. The van der Waals surface area contributed by atoms with Gasteiger partial charge >= 0.3 is 12.0 Å². The summed E-state index contributed by atoms with van der Waals surface area (Å²) in [5.74, 6) is -0.865. The van der Waals surface area contributed by atoms with E-state index < -0.39 is 11.5 Å². The molecule has 19 heavy (non-hydrogen) atoms. The van der Waals surface area contributed by atoms with Crippen LogP contribution in [0.1, 0.15) is 58.8 Å². The number of amides is 2. The number of nitrogens with zero attached hydrogens (tertiary/aromatic N) is 1. The number of aliphatic carboxylic acids is 1. The van der Waals surface area contributed by atoms with Gasteiger partial charge in [-0.05, 0) is 25.7 Å². The normalized spacial score (nSPS) is 22.5. The molecule has 0 bridgehead atoms. The molecule has 0 radical (unpaired) electrons. The molecule has 1 heterocycles. The van der Waals surface area contributed by atoms with Gasteiger partial charge in [0.1, 0.15) is 5.54 Å². The third kappa shape index (κ3) is 3.61. The number of carboxylic acid groups (broad SMARTS) is 1. The molecule has 2 amide bonds. The first-order valence-corrected chi connectivity index (χ1v) is 7.37. The van der Waals surface area contributed by atoms with Gasteiger partial charge < -0.3 is 15.3 Å². The Kier molecular flexibility index (Phi) is 6.12. The Balaban J connectivity index is 2.63. The van der Waals surface area contributed by atoms with Gasteiger partial charge in [0.15, 0.2) is 0 Å². The van der Waals surface area contributed by atoms with Crippen LogP contribution in [-0.4, -0.2) is 40.6 Å². The van der Waals surface area contributed by atoms with Crippen LogP contribution in [0.25, 0.3) is 0 Å². The summed E-state index contributed by atoms with van der Waals surface area (Å²) in [6, 6.07) is -0.218. The first kappa shape index (κ1) is 15.8. The second-order valence-electron chi connectivity index (χ2n) is 5.28. The van der Waals surface area contributed by atoms with Crippen molar-refractivity contribution in [3.8, 4) is 0 Å². The minimum absolute atomic E-state index is 0.218. The second-order valence-corrected chi connectivity index (χ2v) is 5.28. The molecule has 0 aliphatic carbocycles. The molecule has 5 nitrogen and oxygen atoms in total.